The van der Waals surface area contributed by atoms with E-state index in [1.165, 1.54) is 14.0 Å². The van der Waals surface area contributed by atoms with Gasteiger partial charge in [0.05, 0.1) is 12.8 Å². The first kappa shape index (κ1) is 21.0. The van der Waals surface area contributed by atoms with Crippen molar-refractivity contribution in [3.63, 3.8) is 0 Å². The molecule has 0 fully saturated rings. The molecule has 0 bridgehead atoms. The molecule has 7 nitrogen and oxygen atoms in total. The number of rotatable bonds is 4. The number of para-hydroxylation sites is 1. The Balaban J connectivity index is 2.86. The number of benzene rings is 1. The van der Waals surface area contributed by atoms with Crippen LogP contribution in [-0.4, -0.2) is 36.7 Å². The fourth-order valence-corrected chi connectivity index (χ4v) is 1.92. The SMILES string of the molecule is COC(=O)C(CC#Cc1ccccc1NC(C)=O)NC(=O)OC(C)(C)C. The molecule has 1 aromatic carbocycles. The number of carbonyl (C=O) groups excluding carboxylic acids is 3. The van der Waals surface area contributed by atoms with Gasteiger partial charge in [-0.1, -0.05) is 24.0 Å². The summed E-state index contributed by atoms with van der Waals surface area (Å²) in [4.78, 5) is 34.9. The summed E-state index contributed by atoms with van der Waals surface area (Å²) >= 11 is 0. The van der Waals surface area contributed by atoms with E-state index < -0.39 is 23.7 Å². The standard InChI is InChI=1S/C19H24N2O5/c1-13(22)20-15-11-7-6-9-14(15)10-8-12-16(17(23)25-5)21-18(24)26-19(2,3)4/h6-7,9,11,16H,12H2,1-5H3,(H,20,22)(H,21,24). The molecule has 1 atom stereocenters. The summed E-state index contributed by atoms with van der Waals surface area (Å²) in [7, 11) is 1.23. The van der Waals surface area contributed by atoms with Gasteiger partial charge in [0.1, 0.15) is 11.6 Å². The Labute approximate surface area is 153 Å². The van der Waals surface area contributed by atoms with E-state index in [9.17, 15) is 14.4 Å². The smallest absolute Gasteiger partial charge is 0.408 e. The van der Waals surface area contributed by atoms with Crippen LogP contribution in [0.2, 0.25) is 0 Å². The van der Waals surface area contributed by atoms with Crippen LogP contribution in [0.25, 0.3) is 0 Å². The number of nitrogens with one attached hydrogen (secondary N) is 2. The molecule has 2 amide bonds. The van der Waals surface area contributed by atoms with Crippen molar-refractivity contribution >= 4 is 23.7 Å². The van der Waals surface area contributed by atoms with E-state index in [2.05, 4.69) is 27.2 Å². The van der Waals surface area contributed by atoms with Gasteiger partial charge in [-0.05, 0) is 32.9 Å². The molecule has 0 aromatic heterocycles. The van der Waals surface area contributed by atoms with Crippen LogP contribution in [0, 0.1) is 11.8 Å². The summed E-state index contributed by atoms with van der Waals surface area (Å²) in [6.07, 6.45) is -0.700. The Bertz CT molecular complexity index is 725. The molecule has 0 radical (unpaired) electrons. The molecule has 0 aliphatic heterocycles. The van der Waals surface area contributed by atoms with Gasteiger partial charge in [-0.25, -0.2) is 9.59 Å². The first-order valence-electron chi connectivity index (χ1n) is 8.05. The average molecular weight is 360 g/mol. The summed E-state index contributed by atoms with van der Waals surface area (Å²) in [5, 5.41) is 5.13. The van der Waals surface area contributed by atoms with Crippen molar-refractivity contribution in [1.82, 2.24) is 5.32 Å². The van der Waals surface area contributed by atoms with Gasteiger partial charge in [0.15, 0.2) is 0 Å². The quantitative estimate of drug-likeness (QED) is 0.635. The van der Waals surface area contributed by atoms with Crippen molar-refractivity contribution in [3.8, 4) is 11.8 Å². The van der Waals surface area contributed by atoms with E-state index in [1.54, 1.807) is 45.0 Å². The maximum atomic E-state index is 11.9. The number of hydrogen-bond acceptors (Lipinski definition) is 5. The molecule has 140 valence electrons. The normalized spacial score (nSPS) is 11.4. The Morgan fingerprint density at radius 3 is 2.42 bits per heavy atom. The molecule has 26 heavy (non-hydrogen) atoms. The number of methoxy groups -OCH3 is 1. The zero-order valence-corrected chi connectivity index (χ0v) is 15.6. The molecule has 0 spiro atoms. The number of carbonyl (C=O) groups is 3. The fraction of sp³-hybridized carbons (Fsp3) is 0.421. The van der Waals surface area contributed by atoms with E-state index in [-0.39, 0.29) is 12.3 Å². The van der Waals surface area contributed by atoms with E-state index in [4.69, 9.17) is 4.74 Å². The van der Waals surface area contributed by atoms with Crippen LogP contribution < -0.4 is 10.6 Å². The van der Waals surface area contributed by atoms with Gasteiger partial charge in [0.25, 0.3) is 0 Å². The third-order valence-electron chi connectivity index (χ3n) is 2.94. The van der Waals surface area contributed by atoms with Gasteiger partial charge >= 0.3 is 12.1 Å². The number of anilines is 1. The second-order valence-corrected chi connectivity index (χ2v) is 6.45. The molecule has 7 heteroatoms. The van der Waals surface area contributed by atoms with Gasteiger partial charge in [0, 0.05) is 18.9 Å². The predicted molar refractivity (Wildman–Crippen MR) is 97.4 cm³/mol. The van der Waals surface area contributed by atoms with Crippen molar-refractivity contribution in [2.75, 3.05) is 12.4 Å². The van der Waals surface area contributed by atoms with Gasteiger partial charge in [0.2, 0.25) is 5.91 Å². The monoisotopic (exact) mass is 360 g/mol. The van der Waals surface area contributed by atoms with Crippen molar-refractivity contribution in [3.05, 3.63) is 29.8 Å². The van der Waals surface area contributed by atoms with Crippen LogP contribution in [0.3, 0.4) is 0 Å². The number of alkyl carbamates (subject to hydrolysis) is 1. The zero-order valence-electron chi connectivity index (χ0n) is 15.6. The third-order valence-corrected chi connectivity index (χ3v) is 2.94. The van der Waals surface area contributed by atoms with Crippen LogP contribution in [0.15, 0.2) is 24.3 Å². The minimum absolute atomic E-state index is 0.0281. The average Bonchev–Trinajstić information content (AvgIpc) is 2.52. The molecule has 2 N–H and O–H groups in total. The zero-order chi connectivity index (χ0) is 19.7. The Kier molecular flexibility index (Phi) is 7.66. The minimum atomic E-state index is -0.963. The van der Waals surface area contributed by atoms with E-state index in [1.807, 2.05) is 0 Å². The summed E-state index contributed by atoms with van der Waals surface area (Å²) < 4.78 is 9.83. The largest absolute Gasteiger partial charge is 0.467 e. The van der Waals surface area contributed by atoms with Crippen LogP contribution in [0.5, 0.6) is 0 Å². The molecule has 0 heterocycles. The van der Waals surface area contributed by atoms with Gasteiger partial charge in [-0.15, -0.1) is 0 Å². The van der Waals surface area contributed by atoms with E-state index >= 15 is 0 Å². The molecular formula is C19H24N2O5. The highest BCUT2D eigenvalue weighted by molar-refractivity contribution is 5.90. The van der Waals surface area contributed by atoms with Gasteiger partial charge in [-0.3, -0.25) is 4.79 Å². The lowest BCUT2D eigenvalue weighted by Gasteiger charge is -2.21. The number of hydrogen-bond donors (Lipinski definition) is 2. The molecule has 1 rings (SSSR count). The maximum Gasteiger partial charge on any atom is 0.408 e. The maximum absolute atomic E-state index is 11.9. The van der Waals surface area contributed by atoms with Crippen LogP contribution >= 0.6 is 0 Å². The molecule has 0 aliphatic carbocycles. The lowest BCUT2D eigenvalue weighted by Crippen LogP contribution is -2.43. The van der Waals surface area contributed by atoms with Crippen LogP contribution in [-0.2, 0) is 19.1 Å². The first-order valence-corrected chi connectivity index (χ1v) is 8.05. The fourth-order valence-electron chi connectivity index (χ4n) is 1.92. The Morgan fingerprint density at radius 1 is 1.19 bits per heavy atom. The Hall–Kier alpha value is -3.01. The van der Waals surface area contributed by atoms with Crippen molar-refractivity contribution in [2.24, 2.45) is 0 Å². The predicted octanol–water partition coefficient (Wildman–Crippen LogP) is 2.45. The first-order chi connectivity index (χ1) is 12.1. The lowest BCUT2D eigenvalue weighted by molar-refractivity contribution is -0.143. The highest BCUT2D eigenvalue weighted by Crippen LogP contribution is 2.13. The lowest BCUT2D eigenvalue weighted by atomic mass is 10.1. The second kappa shape index (κ2) is 9.47. The number of amides is 2. The molecular weight excluding hydrogens is 336 g/mol. The summed E-state index contributed by atoms with van der Waals surface area (Å²) in [6, 6.07) is 6.06. The number of ether oxygens (including phenoxy) is 2. The second-order valence-electron chi connectivity index (χ2n) is 6.45. The third kappa shape index (κ3) is 7.71. The summed E-state index contributed by atoms with van der Waals surface area (Å²) in [5.74, 6) is 4.88. The van der Waals surface area contributed by atoms with Crippen molar-refractivity contribution in [1.29, 1.82) is 0 Å². The van der Waals surface area contributed by atoms with Gasteiger partial charge in [-0.2, -0.15) is 0 Å². The molecule has 0 saturated carbocycles. The van der Waals surface area contributed by atoms with Crippen molar-refractivity contribution < 1.29 is 23.9 Å². The highest BCUT2D eigenvalue weighted by Gasteiger charge is 2.24. The molecule has 1 unspecified atom stereocenters. The van der Waals surface area contributed by atoms with Crippen LogP contribution in [0.1, 0.15) is 39.7 Å². The van der Waals surface area contributed by atoms with E-state index in [0.29, 0.717) is 11.3 Å². The molecule has 1 aromatic rings. The summed E-state index contributed by atoms with van der Waals surface area (Å²) in [5.41, 5.74) is 0.485. The van der Waals surface area contributed by atoms with Gasteiger partial charge < -0.3 is 20.1 Å². The Morgan fingerprint density at radius 2 is 1.85 bits per heavy atom. The highest BCUT2D eigenvalue weighted by atomic mass is 16.6. The topological polar surface area (TPSA) is 93.7 Å². The molecule has 0 aliphatic rings. The van der Waals surface area contributed by atoms with Crippen molar-refractivity contribution in [2.45, 2.75) is 45.8 Å². The summed E-state index contributed by atoms with van der Waals surface area (Å²) in [6.45, 7) is 6.57. The molecule has 0 saturated heterocycles. The minimum Gasteiger partial charge on any atom is -0.467 e. The van der Waals surface area contributed by atoms with Crippen LogP contribution in [0.4, 0.5) is 10.5 Å². The van der Waals surface area contributed by atoms with E-state index in [0.717, 1.165) is 0 Å². The number of esters is 1.